The van der Waals surface area contributed by atoms with Gasteiger partial charge in [-0.05, 0) is 24.6 Å². The highest BCUT2D eigenvalue weighted by Crippen LogP contribution is 2.19. The van der Waals surface area contributed by atoms with Gasteiger partial charge in [-0.15, -0.1) is 0 Å². The maximum absolute atomic E-state index is 12.7. The second kappa shape index (κ2) is 7.46. The SMILES string of the molecule is Cc1nn(C)c2ncc(S(=O)(=O)NCc3ccc(N4CCOCC4)nc3)cc12. The highest BCUT2D eigenvalue weighted by molar-refractivity contribution is 7.89. The van der Waals surface area contributed by atoms with E-state index in [0.717, 1.165) is 35.6 Å². The maximum Gasteiger partial charge on any atom is 0.242 e. The number of nitrogens with one attached hydrogen (secondary N) is 1. The van der Waals surface area contributed by atoms with Crippen molar-refractivity contribution in [1.82, 2.24) is 24.5 Å². The molecule has 0 radical (unpaired) electrons. The van der Waals surface area contributed by atoms with Gasteiger partial charge in [0, 0.05) is 44.5 Å². The van der Waals surface area contributed by atoms with Gasteiger partial charge in [-0.25, -0.2) is 23.1 Å². The molecule has 3 aromatic heterocycles. The van der Waals surface area contributed by atoms with Crippen LogP contribution in [-0.2, 0) is 28.4 Å². The number of fused-ring (bicyclic) bond motifs is 1. The fraction of sp³-hybridized carbons (Fsp3) is 0.389. The van der Waals surface area contributed by atoms with Crippen LogP contribution in [0.3, 0.4) is 0 Å². The van der Waals surface area contributed by atoms with Crippen molar-refractivity contribution in [2.45, 2.75) is 18.4 Å². The van der Waals surface area contributed by atoms with Crippen molar-refractivity contribution in [1.29, 1.82) is 0 Å². The monoisotopic (exact) mass is 402 g/mol. The molecule has 0 saturated carbocycles. The van der Waals surface area contributed by atoms with E-state index in [2.05, 4.69) is 24.7 Å². The molecule has 0 atom stereocenters. The van der Waals surface area contributed by atoms with E-state index in [4.69, 9.17) is 4.74 Å². The Kier molecular flexibility index (Phi) is 5.00. The second-order valence-corrected chi connectivity index (χ2v) is 8.47. The van der Waals surface area contributed by atoms with Gasteiger partial charge < -0.3 is 9.64 Å². The molecule has 0 spiro atoms. The number of aryl methyl sites for hydroxylation is 2. The molecule has 0 unspecified atom stereocenters. The minimum atomic E-state index is -3.69. The van der Waals surface area contributed by atoms with Crippen LogP contribution in [0.2, 0.25) is 0 Å². The van der Waals surface area contributed by atoms with E-state index in [1.54, 1.807) is 24.0 Å². The van der Waals surface area contributed by atoms with E-state index in [0.29, 0.717) is 18.9 Å². The van der Waals surface area contributed by atoms with Crippen molar-refractivity contribution in [2.75, 3.05) is 31.2 Å². The lowest BCUT2D eigenvalue weighted by Crippen LogP contribution is -2.36. The third-order valence-corrected chi connectivity index (χ3v) is 6.13. The van der Waals surface area contributed by atoms with Crippen molar-refractivity contribution < 1.29 is 13.2 Å². The summed E-state index contributed by atoms with van der Waals surface area (Å²) in [6.45, 7) is 4.98. The van der Waals surface area contributed by atoms with E-state index in [9.17, 15) is 8.42 Å². The molecule has 1 N–H and O–H groups in total. The molecule has 1 fully saturated rings. The van der Waals surface area contributed by atoms with Crippen LogP contribution in [0.15, 0.2) is 35.5 Å². The molecule has 0 aliphatic carbocycles. The van der Waals surface area contributed by atoms with Crippen LogP contribution in [0.1, 0.15) is 11.3 Å². The van der Waals surface area contributed by atoms with Crippen molar-refractivity contribution >= 4 is 26.9 Å². The fourth-order valence-corrected chi connectivity index (χ4v) is 4.19. The predicted octanol–water partition coefficient (Wildman–Crippen LogP) is 0.987. The van der Waals surface area contributed by atoms with Gasteiger partial charge in [0.1, 0.15) is 10.7 Å². The number of anilines is 1. The summed E-state index contributed by atoms with van der Waals surface area (Å²) < 4.78 is 34.9. The molecule has 10 heteroatoms. The minimum absolute atomic E-state index is 0.119. The lowest BCUT2D eigenvalue weighted by molar-refractivity contribution is 0.122. The summed E-state index contributed by atoms with van der Waals surface area (Å²) in [6, 6.07) is 5.39. The van der Waals surface area contributed by atoms with E-state index in [1.807, 2.05) is 19.1 Å². The first-order chi connectivity index (χ1) is 13.4. The summed E-state index contributed by atoms with van der Waals surface area (Å²) in [4.78, 5) is 10.9. The van der Waals surface area contributed by atoms with E-state index < -0.39 is 10.0 Å². The van der Waals surface area contributed by atoms with E-state index >= 15 is 0 Å². The minimum Gasteiger partial charge on any atom is -0.378 e. The van der Waals surface area contributed by atoms with Crippen LogP contribution >= 0.6 is 0 Å². The molecular weight excluding hydrogens is 380 g/mol. The average Bonchev–Trinajstić information content (AvgIpc) is 3.01. The highest BCUT2D eigenvalue weighted by atomic mass is 32.2. The highest BCUT2D eigenvalue weighted by Gasteiger charge is 2.18. The summed E-state index contributed by atoms with van der Waals surface area (Å²) in [7, 11) is -1.91. The van der Waals surface area contributed by atoms with Crippen LogP contribution < -0.4 is 9.62 Å². The number of rotatable bonds is 5. The smallest absolute Gasteiger partial charge is 0.242 e. The lowest BCUT2D eigenvalue weighted by Gasteiger charge is -2.27. The standard InChI is InChI=1S/C18H22N6O3S/c1-13-16-9-15(12-20-18(16)23(2)22-13)28(25,26)21-11-14-3-4-17(19-10-14)24-5-7-27-8-6-24/h3-4,9-10,12,21H,5-8,11H2,1-2H3. The normalized spacial score (nSPS) is 15.3. The molecule has 28 heavy (non-hydrogen) atoms. The van der Waals surface area contributed by atoms with Gasteiger partial charge >= 0.3 is 0 Å². The second-order valence-electron chi connectivity index (χ2n) is 6.70. The number of morpholine rings is 1. The number of hydrogen-bond donors (Lipinski definition) is 1. The molecule has 3 aromatic rings. The molecule has 1 aliphatic heterocycles. The third kappa shape index (κ3) is 3.71. The van der Waals surface area contributed by atoms with Crippen molar-refractivity contribution in [3.05, 3.63) is 41.9 Å². The van der Waals surface area contributed by atoms with Crippen LogP contribution in [0.25, 0.3) is 11.0 Å². The Hall–Kier alpha value is -2.56. The molecule has 0 amide bonds. The number of aromatic nitrogens is 4. The van der Waals surface area contributed by atoms with Gasteiger partial charge in [-0.1, -0.05) is 6.07 Å². The summed E-state index contributed by atoms with van der Waals surface area (Å²) in [5, 5.41) is 5.00. The predicted molar refractivity (Wildman–Crippen MR) is 105 cm³/mol. The number of pyridine rings is 2. The quantitative estimate of drug-likeness (QED) is 0.679. The van der Waals surface area contributed by atoms with Crippen molar-refractivity contribution in [3.8, 4) is 0 Å². The zero-order valence-corrected chi connectivity index (χ0v) is 16.6. The summed E-state index contributed by atoms with van der Waals surface area (Å²) >= 11 is 0. The van der Waals surface area contributed by atoms with Crippen LogP contribution in [0.4, 0.5) is 5.82 Å². The molecule has 148 valence electrons. The first-order valence-corrected chi connectivity index (χ1v) is 10.5. The number of nitrogens with zero attached hydrogens (tertiary/aromatic N) is 5. The third-order valence-electron chi connectivity index (χ3n) is 4.76. The van der Waals surface area contributed by atoms with E-state index in [-0.39, 0.29) is 11.4 Å². The topological polar surface area (TPSA) is 102 Å². The number of ether oxygens (including phenoxy) is 1. The van der Waals surface area contributed by atoms with Crippen LogP contribution in [-0.4, -0.2) is 54.5 Å². The first-order valence-electron chi connectivity index (χ1n) is 9.01. The summed E-state index contributed by atoms with van der Waals surface area (Å²) in [6.07, 6.45) is 3.05. The summed E-state index contributed by atoms with van der Waals surface area (Å²) in [5.74, 6) is 0.872. The fourth-order valence-electron chi connectivity index (χ4n) is 3.20. The molecule has 1 aliphatic rings. The first kappa shape index (κ1) is 18.8. The summed E-state index contributed by atoms with van der Waals surface area (Å²) in [5.41, 5.74) is 2.18. The Morgan fingerprint density at radius 2 is 1.96 bits per heavy atom. The van der Waals surface area contributed by atoms with Gasteiger partial charge in [0.15, 0.2) is 5.65 Å². The van der Waals surface area contributed by atoms with Gasteiger partial charge in [-0.3, -0.25) is 4.68 Å². The number of sulfonamides is 1. The Balaban J connectivity index is 1.47. The Morgan fingerprint density at radius 3 is 2.68 bits per heavy atom. The number of hydrogen-bond acceptors (Lipinski definition) is 7. The molecule has 0 aromatic carbocycles. The Labute approximate surface area is 163 Å². The molecule has 9 nitrogen and oxygen atoms in total. The Bertz CT molecular complexity index is 1090. The van der Waals surface area contributed by atoms with Crippen LogP contribution in [0, 0.1) is 6.92 Å². The average molecular weight is 402 g/mol. The molecular formula is C18H22N6O3S. The molecule has 4 heterocycles. The lowest BCUT2D eigenvalue weighted by atomic mass is 10.3. The molecule has 4 rings (SSSR count). The van der Waals surface area contributed by atoms with Crippen molar-refractivity contribution in [2.24, 2.45) is 7.05 Å². The van der Waals surface area contributed by atoms with Gasteiger partial charge in [0.25, 0.3) is 0 Å². The van der Waals surface area contributed by atoms with Gasteiger partial charge in [-0.2, -0.15) is 5.10 Å². The zero-order chi connectivity index (χ0) is 19.7. The van der Waals surface area contributed by atoms with E-state index in [1.165, 1.54) is 6.20 Å². The van der Waals surface area contributed by atoms with Gasteiger partial charge in [0.05, 0.1) is 18.9 Å². The van der Waals surface area contributed by atoms with Gasteiger partial charge in [0.2, 0.25) is 10.0 Å². The zero-order valence-electron chi connectivity index (χ0n) is 15.8. The molecule has 0 bridgehead atoms. The van der Waals surface area contributed by atoms with Crippen LogP contribution in [0.5, 0.6) is 0 Å². The molecule has 1 saturated heterocycles. The van der Waals surface area contributed by atoms with Crippen molar-refractivity contribution in [3.63, 3.8) is 0 Å². The largest absolute Gasteiger partial charge is 0.378 e. The Morgan fingerprint density at radius 1 is 1.18 bits per heavy atom. The maximum atomic E-state index is 12.7.